The van der Waals surface area contributed by atoms with E-state index in [1.807, 2.05) is 0 Å². The quantitative estimate of drug-likeness (QED) is 0.563. The third-order valence-electron chi connectivity index (χ3n) is 4.63. The summed E-state index contributed by atoms with van der Waals surface area (Å²) >= 11 is 0. The number of nitriles is 1. The summed E-state index contributed by atoms with van der Waals surface area (Å²) in [6.45, 7) is 2.11. The minimum absolute atomic E-state index is 0.155. The van der Waals surface area contributed by atoms with Crippen molar-refractivity contribution in [3.05, 3.63) is 23.8 Å². The standard InChI is InChI=1S/C20H22N2O6/c1-20(12-21,14-4-5-14)22-17(23)11-28-18(24)6-3-13-9-15(25-2)19-16(10-13)26-7-8-27-19/h3,6,9-10,14H,4-5,7-8,11H2,1-2H3,(H,22,23)/b6-3+/t20-/m1/s1. The molecule has 0 aromatic heterocycles. The normalized spacial score (nSPS) is 17.3. The summed E-state index contributed by atoms with van der Waals surface area (Å²) < 4.78 is 21.3. The van der Waals surface area contributed by atoms with Crippen molar-refractivity contribution in [2.45, 2.75) is 25.3 Å². The van der Waals surface area contributed by atoms with Gasteiger partial charge in [-0.3, -0.25) is 4.79 Å². The molecule has 1 aliphatic heterocycles. The molecule has 0 bridgehead atoms. The van der Waals surface area contributed by atoms with Crippen LogP contribution in [0.3, 0.4) is 0 Å². The molecule has 8 nitrogen and oxygen atoms in total. The zero-order chi connectivity index (χ0) is 20.1. The molecule has 0 radical (unpaired) electrons. The first-order chi connectivity index (χ1) is 13.4. The largest absolute Gasteiger partial charge is 0.493 e. The van der Waals surface area contributed by atoms with E-state index in [-0.39, 0.29) is 5.92 Å². The number of ether oxygens (including phenoxy) is 4. The van der Waals surface area contributed by atoms with Crippen LogP contribution in [0.1, 0.15) is 25.3 Å². The summed E-state index contributed by atoms with van der Waals surface area (Å²) in [6.07, 6.45) is 4.56. The fourth-order valence-corrected chi connectivity index (χ4v) is 2.95. The lowest BCUT2D eigenvalue weighted by atomic mass is 9.98. The Kier molecular flexibility index (Phi) is 5.73. The van der Waals surface area contributed by atoms with Crippen LogP contribution in [0.25, 0.3) is 6.08 Å². The number of carbonyl (C=O) groups excluding carboxylic acids is 2. The number of fused-ring (bicyclic) bond motifs is 1. The zero-order valence-electron chi connectivity index (χ0n) is 15.8. The van der Waals surface area contributed by atoms with E-state index in [0.29, 0.717) is 36.0 Å². The van der Waals surface area contributed by atoms with Gasteiger partial charge in [-0.15, -0.1) is 0 Å². The highest BCUT2D eigenvalue weighted by atomic mass is 16.6. The van der Waals surface area contributed by atoms with E-state index in [1.54, 1.807) is 19.1 Å². The number of rotatable bonds is 7. The molecule has 148 valence electrons. The molecule has 2 aliphatic rings. The monoisotopic (exact) mass is 386 g/mol. The van der Waals surface area contributed by atoms with Gasteiger partial charge >= 0.3 is 5.97 Å². The van der Waals surface area contributed by atoms with E-state index < -0.39 is 24.0 Å². The van der Waals surface area contributed by atoms with Crippen LogP contribution in [0.4, 0.5) is 0 Å². The Balaban J connectivity index is 1.55. The lowest BCUT2D eigenvalue weighted by Gasteiger charge is -2.22. The lowest BCUT2D eigenvalue weighted by Crippen LogP contribution is -2.48. The molecule has 28 heavy (non-hydrogen) atoms. The zero-order valence-corrected chi connectivity index (χ0v) is 15.8. The SMILES string of the molecule is COc1cc(/C=C/C(=O)OCC(=O)N[C@](C)(C#N)C2CC2)cc2c1OCCO2. The van der Waals surface area contributed by atoms with E-state index in [1.165, 1.54) is 19.3 Å². The first-order valence-corrected chi connectivity index (χ1v) is 9.00. The molecular formula is C20H22N2O6. The van der Waals surface area contributed by atoms with Gasteiger partial charge < -0.3 is 24.3 Å². The third-order valence-corrected chi connectivity index (χ3v) is 4.63. The van der Waals surface area contributed by atoms with Crippen LogP contribution in [-0.2, 0) is 14.3 Å². The van der Waals surface area contributed by atoms with Crippen molar-refractivity contribution in [3.8, 4) is 23.3 Å². The smallest absolute Gasteiger partial charge is 0.331 e. The van der Waals surface area contributed by atoms with Crippen molar-refractivity contribution in [3.63, 3.8) is 0 Å². The maximum absolute atomic E-state index is 12.0. The van der Waals surface area contributed by atoms with Crippen molar-refractivity contribution in [1.29, 1.82) is 5.26 Å². The molecule has 1 atom stereocenters. The van der Waals surface area contributed by atoms with Crippen LogP contribution in [0, 0.1) is 17.2 Å². The van der Waals surface area contributed by atoms with Gasteiger partial charge in [0.1, 0.15) is 18.8 Å². The minimum Gasteiger partial charge on any atom is -0.493 e. The highest BCUT2D eigenvalue weighted by molar-refractivity contribution is 5.89. The summed E-state index contributed by atoms with van der Waals surface area (Å²) in [6, 6.07) is 5.55. The van der Waals surface area contributed by atoms with Gasteiger partial charge in [-0.1, -0.05) is 0 Å². The summed E-state index contributed by atoms with van der Waals surface area (Å²) in [7, 11) is 1.52. The lowest BCUT2D eigenvalue weighted by molar-refractivity contribution is -0.144. The van der Waals surface area contributed by atoms with Crippen LogP contribution in [0.15, 0.2) is 18.2 Å². The molecule has 8 heteroatoms. The molecule has 1 heterocycles. The van der Waals surface area contributed by atoms with Gasteiger partial charge in [0.2, 0.25) is 5.75 Å². The maximum Gasteiger partial charge on any atom is 0.331 e. The van der Waals surface area contributed by atoms with Crippen molar-refractivity contribution >= 4 is 18.0 Å². The number of hydrogen-bond donors (Lipinski definition) is 1. The molecule has 1 fully saturated rings. The molecule has 1 aromatic carbocycles. The summed E-state index contributed by atoms with van der Waals surface area (Å²) in [5, 5.41) is 11.9. The van der Waals surface area contributed by atoms with E-state index in [9.17, 15) is 14.9 Å². The van der Waals surface area contributed by atoms with Crippen LogP contribution < -0.4 is 19.5 Å². The Bertz CT molecular complexity index is 823. The van der Waals surface area contributed by atoms with Gasteiger partial charge in [0, 0.05) is 6.08 Å². The number of nitrogens with zero attached hydrogens (tertiary/aromatic N) is 1. The molecule has 1 aromatic rings. The first-order valence-electron chi connectivity index (χ1n) is 9.00. The van der Waals surface area contributed by atoms with Gasteiger partial charge in [-0.25, -0.2) is 4.79 Å². The van der Waals surface area contributed by atoms with Crippen LogP contribution >= 0.6 is 0 Å². The maximum atomic E-state index is 12.0. The Labute approximate surface area is 163 Å². The summed E-state index contributed by atoms with van der Waals surface area (Å²) in [5.41, 5.74) is -0.255. The number of amides is 1. The van der Waals surface area contributed by atoms with Crippen LogP contribution in [0.2, 0.25) is 0 Å². The van der Waals surface area contributed by atoms with Gasteiger partial charge in [0.15, 0.2) is 18.1 Å². The number of esters is 1. The van der Waals surface area contributed by atoms with E-state index in [0.717, 1.165) is 12.8 Å². The number of carbonyl (C=O) groups is 2. The Morgan fingerprint density at radius 1 is 1.36 bits per heavy atom. The van der Waals surface area contributed by atoms with Gasteiger partial charge in [0.25, 0.3) is 5.91 Å². The van der Waals surface area contributed by atoms with Crippen molar-refractivity contribution < 1.29 is 28.5 Å². The highest BCUT2D eigenvalue weighted by Gasteiger charge is 2.43. The second-order valence-electron chi connectivity index (χ2n) is 6.82. The van der Waals surface area contributed by atoms with Gasteiger partial charge in [0.05, 0.1) is 13.2 Å². The minimum atomic E-state index is -0.916. The average molecular weight is 386 g/mol. The third kappa shape index (κ3) is 4.55. The predicted molar refractivity (Wildman–Crippen MR) is 98.9 cm³/mol. The Morgan fingerprint density at radius 2 is 2.11 bits per heavy atom. The van der Waals surface area contributed by atoms with E-state index in [4.69, 9.17) is 18.9 Å². The van der Waals surface area contributed by atoms with Gasteiger partial charge in [-0.05, 0) is 49.5 Å². The van der Waals surface area contributed by atoms with E-state index >= 15 is 0 Å². The molecule has 0 saturated heterocycles. The fraction of sp³-hybridized carbons (Fsp3) is 0.450. The predicted octanol–water partition coefficient (Wildman–Crippen LogP) is 1.83. The van der Waals surface area contributed by atoms with Crippen molar-refractivity contribution in [1.82, 2.24) is 5.32 Å². The van der Waals surface area contributed by atoms with Crippen molar-refractivity contribution in [2.75, 3.05) is 26.9 Å². The number of nitrogens with one attached hydrogen (secondary N) is 1. The van der Waals surface area contributed by atoms with E-state index in [2.05, 4.69) is 11.4 Å². The summed E-state index contributed by atoms with van der Waals surface area (Å²) in [4.78, 5) is 23.9. The molecule has 0 unspecified atom stereocenters. The van der Waals surface area contributed by atoms with Crippen LogP contribution in [-0.4, -0.2) is 44.3 Å². The van der Waals surface area contributed by atoms with Crippen LogP contribution in [0.5, 0.6) is 17.2 Å². The van der Waals surface area contributed by atoms with Crippen molar-refractivity contribution in [2.24, 2.45) is 5.92 Å². The fourth-order valence-electron chi connectivity index (χ4n) is 2.95. The number of benzene rings is 1. The molecule has 1 amide bonds. The van der Waals surface area contributed by atoms with Gasteiger partial charge in [-0.2, -0.15) is 5.26 Å². The number of hydrogen-bond acceptors (Lipinski definition) is 7. The molecule has 1 saturated carbocycles. The average Bonchev–Trinajstić information content (AvgIpc) is 3.55. The molecule has 3 rings (SSSR count). The molecule has 1 aliphatic carbocycles. The summed E-state index contributed by atoms with van der Waals surface area (Å²) in [5.74, 6) is 0.547. The molecule has 1 N–H and O–H groups in total. The Morgan fingerprint density at radius 3 is 2.79 bits per heavy atom. The first kappa shape index (κ1) is 19.5. The molecular weight excluding hydrogens is 364 g/mol. The topological polar surface area (TPSA) is 107 Å². The highest BCUT2D eigenvalue weighted by Crippen LogP contribution is 2.41. The second-order valence-corrected chi connectivity index (χ2v) is 6.82. The number of methoxy groups -OCH3 is 1. The Hall–Kier alpha value is -3.21. The molecule has 0 spiro atoms. The second kappa shape index (κ2) is 8.21.